The lowest BCUT2D eigenvalue weighted by Crippen LogP contribution is -2.41. The van der Waals surface area contributed by atoms with E-state index in [9.17, 15) is 0 Å². The average Bonchev–Trinajstić information content (AvgIpc) is 3.23. The van der Waals surface area contributed by atoms with Gasteiger partial charge in [0.15, 0.2) is 0 Å². The molecule has 0 aromatic heterocycles. The molecule has 0 saturated carbocycles. The largest absolute Gasteiger partial charge is 0.494 e. The summed E-state index contributed by atoms with van der Waals surface area (Å²) in [5, 5.41) is 17.0. The Bertz CT molecular complexity index is 1540. The van der Waals surface area contributed by atoms with E-state index in [4.69, 9.17) is 9.31 Å². The Balaban J connectivity index is 0.000000215. The van der Waals surface area contributed by atoms with Crippen LogP contribution in [0.5, 0.6) is 0 Å². The van der Waals surface area contributed by atoms with Crippen LogP contribution in [-0.2, 0) is 9.31 Å². The molecule has 1 aliphatic heterocycles. The monoisotopic (exact) mass is 653 g/mol. The van der Waals surface area contributed by atoms with Crippen molar-refractivity contribution in [3.05, 3.63) is 107 Å². The van der Waals surface area contributed by atoms with Crippen molar-refractivity contribution >= 4 is 56.9 Å². The summed E-state index contributed by atoms with van der Waals surface area (Å²) in [5.41, 5.74) is 6.11. The molecule has 5 rings (SSSR count). The quantitative estimate of drug-likeness (QED) is 0.147. The molecule has 1 aliphatic rings. The molecule has 44 heavy (non-hydrogen) atoms. The van der Waals surface area contributed by atoms with Crippen molar-refractivity contribution in [1.82, 2.24) is 0 Å². The number of rotatable bonds is 7. The van der Waals surface area contributed by atoms with E-state index >= 15 is 0 Å². The van der Waals surface area contributed by atoms with E-state index in [2.05, 4.69) is 95.0 Å². The van der Waals surface area contributed by atoms with Crippen LogP contribution in [0.15, 0.2) is 122 Å². The lowest BCUT2D eigenvalue weighted by atomic mass is 9.79. The first-order valence-corrected chi connectivity index (χ1v) is 15.5. The molecule has 0 unspecified atom stereocenters. The van der Waals surface area contributed by atoms with Gasteiger partial charge in [0.1, 0.15) is 0 Å². The fraction of sp³-hybridized carbons (Fsp3) is 0.314. The Morgan fingerprint density at radius 1 is 0.591 bits per heavy atom. The SMILES string of the molecule is CC(C)c1ccc(N=Nc2ccc(Br)cc2)cc1.CN(C)c1ccc(N=Nc2ccc(B3OC(C)(C)C(C)(C)O3)cc2)cc1. The molecule has 0 spiro atoms. The van der Waals surface area contributed by atoms with Crippen molar-refractivity contribution < 1.29 is 9.31 Å². The van der Waals surface area contributed by atoms with Crippen LogP contribution >= 0.6 is 15.9 Å². The van der Waals surface area contributed by atoms with Crippen LogP contribution in [0.25, 0.3) is 0 Å². The van der Waals surface area contributed by atoms with Gasteiger partial charge in [0.05, 0.1) is 34.0 Å². The van der Waals surface area contributed by atoms with Gasteiger partial charge < -0.3 is 14.2 Å². The third-order valence-corrected chi connectivity index (χ3v) is 8.26. The summed E-state index contributed by atoms with van der Waals surface area (Å²) in [6.45, 7) is 12.6. The highest BCUT2D eigenvalue weighted by molar-refractivity contribution is 9.10. The second-order valence-electron chi connectivity index (χ2n) is 12.2. The Hall–Kier alpha value is -3.66. The van der Waals surface area contributed by atoms with Crippen molar-refractivity contribution in [2.45, 2.75) is 58.7 Å². The smallest absolute Gasteiger partial charge is 0.399 e. The first kappa shape index (κ1) is 33.2. The van der Waals surface area contributed by atoms with E-state index in [-0.39, 0.29) is 18.3 Å². The molecule has 9 heteroatoms. The lowest BCUT2D eigenvalue weighted by molar-refractivity contribution is 0.00578. The van der Waals surface area contributed by atoms with Gasteiger partial charge in [-0.1, -0.05) is 54.0 Å². The normalized spacial score (nSPS) is 15.5. The Kier molecular flexibility index (Phi) is 10.9. The van der Waals surface area contributed by atoms with E-state index in [1.165, 1.54) is 5.56 Å². The van der Waals surface area contributed by atoms with Gasteiger partial charge in [0.2, 0.25) is 0 Å². The zero-order valence-corrected chi connectivity index (χ0v) is 28.4. The van der Waals surface area contributed by atoms with Crippen molar-refractivity contribution in [3.8, 4) is 0 Å². The highest BCUT2D eigenvalue weighted by Gasteiger charge is 2.51. The van der Waals surface area contributed by atoms with E-state index in [1.54, 1.807) is 0 Å². The molecule has 1 heterocycles. The first-order chi connectivity index (χ1) is 20.8. The van der Waals surface area contributed by atoms with Crippen LogP contribution in [0.1, 0.15) is 53.0 Å². The summed E-state index contributed by atoms with van der Waals surface area (Å²) in [7, 11) is 3.67. The van der Waals surface area contributed by atoms with Gasteiger partial charge in [-0.2, -0.15) is 20.5 Å². The van der Waals surface area contributed by atoms with E-state index < -0.39 is 0 Å². The molecule has 0 N–H and O–H groups in total. The Morgan fingerprint density at radius 2 is 0.955 bits per heavy atom. The third-order valence-electron chi connectivity index (χ3n) is 7.73. The fourth-order valence-electron chi connectivity index (χ4n) is 4.16. The van der Waals surface area contributed by atoms with Gasteiger partial charge in [-0.3, -0.25) is 0 Å². The molecule has 1 saturated heterocycles. The summed E-state index contributed by atoms with van der Waals surface area (Å²) >= 11 is 3.39. The molecule has 0 aliphatic carbocycles. The van der Waals surface area contributed by atoms with Gasteiger partial charge in [-0.05, 0) is 117 Å². The Labute approximate surface area is 270 Å². The number of hydrogen-bond donors (Lipinski definition) is 0. The van der Waals surface area contributed by atoms with E-state index in [1.807, 2.05) is 99.0 Å². The first-order valence-electron chi connectivity index (χ1n) is 14.7. The predicted octanol–water partition coefficient (Wildman–Crippen LogP) is 10.5. The van der Waals surface area contributed by atoms with Gasteiger partial charge in [-0.15, -0.1) is 0 Å². The second kappa shape index (κ2) is 14.4. The van der Waals surface area contributed by atoms with Crippen LogP contribution in [0.3, 0.4) is 0 Å². The number of azo groups is 2. The molecule has 0 amide bonds. The standard InChI is InChI=1S/C20H26BN3O2.C15H15BrN2/c1-19(2)20(3,4)26-21(25-19)15-7-9-16(10-8-15)22-23-17-11-13-18(14-12-17)24(5)6;1-11(2)12-3-7-14(8-4-12)17-18-15-9-5-13(16)6-10-15/h7-14H,1-6H3;3-11H,1-2H3. The van der Waals surface area contributed by atoms with Gasteiger partial charge in [0, 0.05) is 24.3 Å². The van der Waals surface area contributed by atoms with Crippen LogP contribution in [-0.4, -0.2) is 32.4 Å². The van der Waals surface area contributed by atoms with Crippen molar-refractivity contribution in [1.29, 1.82) is 0 Å². The second-order valence-corrected chi connectivity index (χ2v) is 13.1. The summed E-state index contributed by atoms with van der Waals surface area (Å²) in [4.78, 5) is 2.05. The maximum Gasteiger partial charge on any atom is 0.494 e. The fourth-order valence-corrected chi connectivity index (χ4v) is 4.42. The minimum Gasteiger partial charge on any atom is -0.399 e. The highest BCUT2D eigenvalue weighted by Crippen LogP contribution is 2.36. The number of nitrogens with zero attached hydrogens (tertiary/aromatic N) is 5. The van der Waals surface area contributed by atoms with Crippen molar-refractivity contribution in [3.63, 3.8) is 0 Å². The predicted molar refractivity (Wildman–Crippen MR) is 186 cm³/mol. The summed E-state index contributed by atoms with van der Waals surface area (Å²) in [6.07, 6.45) is 0. The topological polar surface area (TPSA) is 71.1 Å². The molecule has 0 bridgehead atoms. The molecule has 7 nitrogen and oxygen atoms in total. The molecular weight excluding hydrogens is 613 g/mol. The van der Waals surface area contributed by atoms with Crippen molar-refractivity contribution in [2.75, 3.05) is 19.0 Å². The highest BCUT2D eigenvalue weighted by atomic mass is 79.9. The molecule has 228 valence electrons. The lowest BCUT2D eigenvalue weighted by Gasteiger charge is -2.32. The van der Waals surface area contributed by atoms with Gasteiger partial charge in [-0.25, -0.2) is 0 Å². The number of anilines is 1. The average molecular weight is 654 g/mol. The maximum absolute atomic E-state index is 6.07. The van der Waals surface area contributed by atoms with Crippen LogP contribution < -0.4 is 10.4 Å². The molecule has 4 aromatic rings. The Morgan fingerprint density at radius 3 is 1.34 bits per heavy atom. The molecule has 4 aromatic carbocycles. The maximum atomic E-state index is 6.07. The van der Waals surface area contributed by atoms with Crippen LogP contribution in [0, 0.1) is 0 Å². The van der Waals surface area contributed by atoms with Gasteiger partial charge >= 0.3 is 7.12 Å². The summed E-state index contributed by atoms with van der Waals surface area (Å²) < 4.78 is 13.2. The van der Waals surface area contributed by atoms with Crippen molar-refractivity contribution in [2.24, 2.45) is 20.5 Å². The molecule has 0 radical (unpaired) electrons. The van der Waals surface area contributed by atoms with E-state index in [0.717, 1.165) is 38.4 Å². The number of halogens is 1. The zero-order valence-electron chi connectivity index (χ0n) is 26.8. The third kappa shape index (κ3) is 8.94. The number of benzene rings is 4. The molecule has 0 atom stereocenters. The zero-order chi connectivity index (χ0) is 31.9. The summed E-state index contributed by atoms with van der Waals surface area (Å²) in [5.74, 6) is 0.544. The van der Waals surface area contributed by atoms with Crippen LogP contribution in [0.4, 0.5) is 28.4 Å². The van der Waals surface area contributed by atoms with Crippen LogP contribution in [0.2, 0.25) is 0 Å². The molecule has 1 fully saturated rings. The minimum absolute atomic E-state index is 0.339. The molecular formula is C35H41BBrN5O2. The number of hydrogen-bond acceptors (Lipinski definition) is 7. The minimum atomic E-state index is -0.357. The summed E-state index contributed by atoms with van der Waals surface area (Å²) in [6, 6.07) is 31.7. The van der Waals surface area contributed by atoms with E-state index in [0.29, 0.717) is 5.92 Å². The van der Waals surface area contributed by atoms with Gasteiger partial charge in [0.25, 0.3) is 0 Å².